The average molecular weight is 312 g/mol. The van der Waals surface area contributed by atoms with Crippen LogP contribution in [0.2, 0.25) is 5.02 Å². The molecule has 1 fully saturated rings. The first kappa shape index (κ1) is 16.8. The Hall–Kier alpha value is -0.600. The fourth-order valence-corrected chi connectivity index (χ4v) is 3.86. The molecular formula is C18H27ClFN. The summed E-state index contributed by atoms with van der Waals surface area (Å²) in [5.74, 6) is 1.23. The van der Waals surface area contributed by atoms with E-state index >= 15 is 0 Å². The molecule has 1 aromatic rings. The molecule has 1 aromatic carbocycles. The van der Waals surface area contributed by atoms with Crippen LogP contribution in [0.5, 0.6) is 0 Å². The maximum absolute atomic E-state index is 14.2. The van der Waals surface area contributed by atoms with Crippen LogP contribution in [-0.4, -0.2) is 7.05 Å². The maximum atomic E-state index is 14.2. The zero-order valence-corrected chi connectivity index (χ0v) is 13.9. The summed E-state index contributed by atoms with van der Waals surface area (Å²) in [6.45, 7) is 2.26. The molecule has 0 bridgehead atoms. The number of unbranched alkanes of at least 4 members (excludes halogenated alkanes) is 1. The predicted molar refractivity (Wildman–Crippen MR) is 88.2 cm³/mol. The number of nitrogens with one attached hydrogen (secondary N) is 1. The molecule has 118 valence electrons. The summed E-state index contributed by atoms with van der Waals surface area (Å²) < 4.78 is 14.2. The highest BCUT2D eigenvalue weighted by molar-refractivity contribution is 6.30. The number of hydrogen-bond acceptors (Lipinski definition) is 1. The quantitative estimate of drug-likeness (QED) is 0.706. The van der Waals surface area contributed by atoms with E-state index in [9.17, 15) is 4.39 Å². The second-order valence-corrected chi connectivity index (χ2v) is 6.79. The van der Waals surface area contributed by atoms with Crippen molar-refractivity contribution in [3.05, 3.63) is 34.6 Å². The van der Waals surface area contributed by atoms with E-state index in [2.05, 4.69) is 12.2 Å². The highest BCUT2D eigenvalue weighted by atomic mass is 35.5. The Kier molecular flexibility index (Phi) is 6.50. The number of rotatable bonds is 6. The van der Waals surface area contributed by atoms with Crippen LogP contribution in [0, 0.1) is 17.7 Å². The normalized spacial score (nSPS) is 24.0. The van der Waals surface area contributed by atoms with E-state index in [0.29, 0.717) is 10.9 Å². The van der Waals surface area contributed by atoms with Crippen LogP contribution in [0.25, 0.3) is 0 Å². The van der Waals surface area contributed by atoms with Gasteiger partial charge in [-0.15, -0.1) is 0 Å². The third-order valence-corrected chi connectivity index (χ3v) is 5.17. The molecule has 3 heteroatoms. The van der Waals surface area contributed by atoms with Gasteiger partial charge < -0.3 is 5.32 Å². The van der Waals surface area contributed by atoms with Gasteiger partial charge >= 0.3 is 0 Å². The van der Waals surface area contributed by atoms with Gasteiger partial charge in [-0.2, -0.15) is 0 Å². The summed E-state index contributed by atoms with van der Waals surface area (Å²) in [4.78, 5) is 0. The van der Waals surface area contributed by atoms with Crippen LogP contribution < -0.4 is 5.32 Å². The Balaban J connectivity index is 1.99. The van der Waals surface area contributed by atoms with Gasteiger partial charge in [-0.25, -0.2) is 4.39 Å². The molecule has 0 heterocycles. The number of hydrogen-bond donors (Lipinski definition) is 1. The van der Waals surface area contributed by atoms with Crippen molar-refractivity contribution < 1.29 is 4.39 Å². The molecule has 0 aliphatic heterocycles. The molecule has 1 unspecified atom stereocenters. The summed E-state index contributed by atoms with van der Waals surface area (Å²) in [5, 5.41) is 3.79. The highest BCUT2D eigenvalue weighted by Crippen LogP contribution is 2.39. The van der Waals surface area contributed by atoms with Crippen LogP contribution in [0.1, 0.15) is 63.5 Å². The maximum Gasteiger partial charge on any atom is 0.129 e. The van der Waals surface area contributed by atoms with Crippen molar-refractivity contribution in [1.82, 2.24) is 5.32 Å². The molecule has 1 atom stereocenters. The van der Waals surface area contributed by atoms with Gasteiger partial charge in [0.15, 0.2) is 0 Å². The van der Waals surface area contributed by atoms with Crippen LogP contribution >= 0.6 is 11.6 Å². The van der Waals surface area contributed by atoms with Crippen molar-refractivity contribution in [2.45, 2.75) is 57.9 Å². The molecule has 0 spiro atoms. The second-order valence-electron chi connectivity index (χ2n) is 6.36. The van der Waals surface area contributed by atoms with Crippen LogP contribution in [0.4, 0.5) is 4.39 Å². The predicted octanol–water partition coefficient (Wildman–Crippen LogP) is 5.74. The number of benzene rings is 1. The van der Waals surface area contributed by atoms with Crippen molar-refractivity contribution >= 4 is 11.6 Å². The monoisotopic (exact) mass is 311 g/mol. The Morgan fingerprint density at radius 3 is 2.57 bits per heavy atom. The minimum absolute atomic E-state index is 0.106. The molecular weight excluding hydrogens is 285 g/mol. The molecule has 1 aliphatic carbocycles. The molecule has 1 saturated carbocycles. The van der Waals surface area contributed by atoms with Crippen LogP contribution in [0.15, 0.2) is 18.2 Å². The number of halogens is 2. The summed E-state index contributed by atoms with van der Waals surface area (Å²) >= 11 is 5.86. The summed E-state index contributed by atoms with van der Waals surface area (Å²) in [6.07, 6.45) is 8.97. The SMILES string of the molecule is CCCCC1CCC(C(NC)c2ccc(Cl)cc2F)CC1. The van der Waals surface area contributed by atoms with E-state index in [1.54, 1.807) is 6.07 Å². The lowest BCUT2D eigenvalue weighted by Gasteiger charge is -2.34. The molecule has 1 aliphatic rings. The third-order valence-electron chi connectivity index (χ3n) is 4.94. The fraction of sp³-hybridized carbons (Fsp3) is 0.667. The lowest BCUT2D eigenvalue weighted by Crippen LogP contribution is -2.29. The van der Waals surface area contributed by atoms with E-state index in [4.69, 9.17) is 11.6 Å². The zero-order chi connectivity index (χ0) is 15.2. The first-order valence-corrected chi connectivity index (χ1v) is 8.65. The van der Waals surface area contributed by atoms with Gasteiger partial charge in [0.05, 0.1) is 0 Å². The minimum Gasteiger partial charge on any atom is -0.313 e. The largest absolute Gasteiger partial charge is 0.313 e. The first-order chi connectivity index (χ1) is 10.2. The standard InChI is InChI=1S/C18H27ClFN/c1-3-4-5-13-6-8-14(9-7-13)18(21-2)16-11-10-15(19)12-17(16)20/h10-14,18,21H,3-9H2,1-2H3. The first-order valence-electron chi connectivity index (χ1n) is 8.28. The van der Waals surface area contributed by atoms with Crippen molar-refractivity contribution in [3.63, 3.8) is 0 Å². The molecule has 0 radical (unpaired) electrons. The summed E-state index contributed by atoms with van der Waals surface area (Å²) in [6, 6.07) is 5.15. The van der Waals surface area contributed by atoms with Crippen LogP contribution in [0.3, 0.4) is 0 Å². The molecule has 2 rings (SSSR count). The summed E-state index contributed by atoms with van der Waals surface area (Å²) in [5.41, 5.74) is 0.763. The third kappa shape index (κ3) is 4.43. The van der Waals surface area contributed by atoms with Gasteiger partial charge in [-0.3, -0.25) is 0 Å². The Labute approximate surface area is 133 Å². The van der Waals surface area contributed by atoms with Crippen LogP contribution in [-0.2, 0) is 0 Å². The van der Waals surface area contributed by atoms with Gasteiger partial charge in [-0.05, 0) is 43.9 Å². The van der Waals surface area contributed by atoms with E-state index in [1.807, 2.05) is 13.1 Å². The van der Waals surface area contributed by atoms with Crippen molar-refractivity contribution in [2.24, 2.45) is 11.8 Å². The van der Waals surface area contributed by atoms with E-state index in [1.165, 1.54) is 51.0 Å². The lowest BCUT2D eigenvalue weighted by molar-refractivity contribution is 0.215. The fourth-order valence-electron chi connectivity index (χ4n) is 3.70. The van der Waals surface area contributed by atoms with Crippen molar-refractivity contribution in [3.8, 4) is 0 Å². The van der Waals surface area contributed by atoms with E-state index in [0.717, 1.165) is 11.5 Å². The molecule has 0 aromatic heterocycles. The van der Waals surface area contributed by atoms with Gasteiger partial charge in [0, 0.05) is 16.6 Å². The minimum atomic E-state index is -0.185. The Morgan fingerprint density at radius 1 is 1.29 bits per heavy atom. The van der Waals surface area contributed by atoms with Crippen molar-refractivity contribution in [2.75, 3.05) is 7.05 Å². The van der Waals surface area contributed by atoms with Crippen molar-refractivity contribution in [1.29, 1.82) is 0 Å². The molecule has 21 heavy (non-hydrogen) atoms. The van der Waals surface area contributed by atoms with E-state index in [-0.39, 0.29) is 11.9 Å². The van der Waals surface area contributed by atoms with Gasteiger partial charge in [0.25, 0.3) is 0 Å². The Morgan fingerprint density at radius 2 is 2.00 bits per heavy atom. The van der Waals surface area contributed by atoms with Gasteiger partial charge in [-0.1, -0.05) is 56.7 Å². The average Bonchev–Trinajstić information content (AvgIpc) is 2.49. The smallest absolute Gasteiger partial charge is 0.129 e. The lowest BCUT2D eigenvalue weighted by atomic mass is 9.75. The molecule has 0 amide bonds. The Bertz CT molecular complexity index is 441. The second kappa shape index (κ2) is 8.14. The zero-order valence-electron chi connectivity index (χ0n) is 13.2. The van der Waals surface area contributed by atoms with Gasteiger partial charge in [0.1, 0.15) is 5.82 Å². The molecule has 1 N–H and O–H groups in total. The topological polar surface area (TPSA) is 12.0 Å². The molecule has 0 saturated heterocycles. The van der Waals surface area contributed by atoms with E-state index < -0.39 is 0 Å². The highest BCUT2D eigenvalue weighted by Gasteiger charge is 2.29. The molecule has 1 nitrogen and oxygen atoms in total. The van der Waals surface area contributed by atoms with Gasteiger partial charge in [0.2, 0.25) is 0 Å². The summed E-state index contributed by atoms with van der Waals surface area (Å²) in [7, 11) is 1.93.